The molecule has 0 saturated heterocycles. The number of hydrogen-bond acceptors (Lipinski definition) is 4. The molecular formula is C16H31N3O. The molecule has 2 bridgehead atoms. The van der Waals surface area contributed by atoms with Gasteiger partial charge in [-0.25, -0.2) is 0 Å². The van der Waals surface area contributed by atoms with E-state index >= 15 is 0 Å². The molecule has 3 N–H and O–H groups in total. The number of nitrogens with zero attached hydrogens (tertiary/aromatic N) is 1. The van der Waals surface area contributed by atoms with Crippen LogP contribution in [0.2, 0.25) is 0 Å². The highest BCUT2D eigenvalue weighted by Gasteiger charge is 2.40. The van der Waals surface area contributed by atoms with Gasteiger partial charge in [-0.15, -0.1) is 0 Å². The summed E-state index contributed by atoms with van der Waals surface area (Å²) in [6.07, 6.45) is 5.19. The van der Waals surface area contributed by atoms with Gasteiger partial charge in [0.15, 0.2) is 0 Å². The fraction of sp³-hybridized carbons (Fsp3) is 0.938. The van der Waals surface area contributed by atoms with Crippen LogP contribution in [0.5, 0.6) is 0 Å². The van der Waals surface area contributed by atoms with Crippen LogP contribution < -0.4 is 11.2 Å². The van der Waals surface area contributed by atoms with E-state index in [9.17, 15) is 0 Å². The van der Waals surface area contributed by atoms with Crippen molar-refractivity contribution in [2.45, 2.75) is 71.6 Å². The van der Waals surface area contributed by atoms with Crippen LogP contribution >= 0.6 is 0 Å². The Morgan fingerprint density at radius 2 is 2.00 bits per heavy atom. The first kappa shape index (κ1) is 15.8. The van der Waals surface area contributed by atoms with Crippen molar-refractivity contribution in [2.75, 3.05) is 6.54 Å². The van der Waals surface area contributed by atoms with Crippen LogP contribution in [-0.2, 0) is 4.74 Å². The normalized spacial score (nSPS) is 32.7. The summed E-state index contributed by atoms with van der Waals surface area (Å²) in [5.74, 6) is 2.33. The summed E-state index contributed by atoms with van der Waals surface area (Å²) in [4.78, 5) is 0. The Balaban J connectivity index is 1.98. The third-order valence-corrected chi connectivity index (χ3v) is 4.86. The molecule has 0 heterocycles. The zero-order valence-corrected chi connectivity index (χ0v) is 13.7. The van der Waals surface area contributed by atoms with Gasteiger partial charge in [0.25, 0.3) is 0 Å². The maximum atomic E-state index is 6.03. The van der Waals surface area contributed by atoms with Crippen LogP contribution in [0.25, 0.3) is 0 Å². The lowest BCUT2D eigenvalue weighted by Crippen LogP contribution is -2.48. The lowest BCUT2D eigenvalue weighted by Gasteiger charge is -2.35. The van der Waals surface area contributed by atoms with E-state index in [1.807, 2.05) is 27.7 Å². The van der Waals surface area contributed by atoms with Gasteiger partial charge in [-0.2, -0.15) is 5.10 Å². The SMILES string of the molecule is CC1C2CCCC1/C(=N\NC(C)(C)OC(C)(C)CN)C2. The van der Waals surface area contributed by atoms with Crippen molar-refractivity contribution in [3.8, 4) is 0 Å². The van der Waals surface area contributed by atoms with Crippen molar-refractivity contribution in [3.63, 3.8) is 0 Å². The molecule has 0 radical (unpaired) electrons. The average Bonchev–Trinajstić information content (AvgIpc) is 2.54. The van der Waals surface area contributed by atoms with Gasteiger partial charge in [0.2, 0.25) is 0 Å². The Kier molecular flexibility index (Phi) is 4.45. The van der Waals surface area contributed by atoms with Crippen LogP contribution in [-0.4, -0.2) is 23.6 Å². The quantitative estimate of drug-likeness (QED) is 0.602. The zero-order chi connectivity index (χ0) is 15.0. The smallest absolute Gasteiger partial charge is 0.148 e. The number of hydrogen-bond donors (Lipinski definition) is 2. The molecular weight excluding hydrogens is 250 g/mol. The molecule has 0 aliphatic heterocycles. The molecule has 2 aliphatic carbocycles. The predicted octanol–water partition coefficient (Wildman–Crippen LogP) is 2.88. The molecule has 4 heteroatoms. The minimum Gasteiger partial charge on any atom is -0.348 e. The number of nitrogens with two attached hydrogens (primary N) is 1. The number of ether oxygens (including phenoxy) is 1. The summed E-state index contributed by atoms with van der Waals surface area (Å²) in [6.45, 7) is 10.9. The van der Waals surface area contributed by atoms with E-state index in [1.54, 1.807) is 0 Å². The first-order valence-electron chi connectivity index (χ1n) is 7.98. The number of nitrogens with one attached hydrogen (secondary N) is 1. The maximum absolute atomic E-state index is 6.03. The van der Waals surface area contributed by atoms with Gasteiger partial charge in [0.05, 0.1) is 5.60 Å². The first-order chi connectivity index (χ1) is 9.24. The molecule has 2 fully saturated rings. The summed E-state index contributed by atoms with van der Waals surface area (Å²) in [5.41, 5.74) is 9.49. The molecule has 3 unspecified atom stereocenters. The Labute approximate surface area is 123 Å². The molecule has 2 saturated carbocycles. The van der Waals surface area contributed by atoms with Gasteiger partial charge in [0, 0.05) is 18.2 Å². The fourth-order valence-electron chi connectivity index (χ4n) is 3.72. The Bertz CT molecular complexity index is 376. The van der Waals surface area contributed by atoms with Crippen molar-refractivity contribution < 1.29 is 4.74 Å². The third-order valence-electron chi connectivity index (χ3n) is 4.86. The standard InChI is InChI=1S/C16H31N3O/c1-11-12-7-6-8-13(11)14(9-12)18-19-16(4,5)20-15(2,3)10-17/h11-13,19H,6-10,17H2,1-5H3/b18-14-. The largest absolute Gasteiger partial charge is 0.348 e. The minimum atomic E-state index is -0.490. The highest BCUT2D eigenvalue weighted by Crippen LogP contribution is 2.44. The number of rotatable bonds is 5. The van der Waals surface area contributed by atoms with E-state index in [4.69, 9.17) is 15.6 Å². The fourth-order valence-corrected chi connectivity index (χ4v) is 3.72. The second kappa shape index (κ2) is 5.64. The van der Waals surface area contributed by atoms with Crippen molar-refractivity contribution in [3.05, 3.63) is 0 Å². The average molecular weight is 281 g/mol. The van der Waals surface area contributed by atoms with Crippen molar-refractivity contribution in [2.24, 2.45) is 28.6 Å². The van der Waals surface area contributed by atoms with E-state index in [0.717, 1.165) is 18.3 Å². The second-order valence-electron chi connectivity index (χ2n) is 7.65. The molecule has 2 rings (SSSR count). The third kappa shape index (κ3) is 3.53. The van der Waals surface area contributed by atoms with Crippen LogP contribution in [0, 0.1) is 17.8 Å². The molecule has 20 heavy (non-hydrogen) atoms. The summed E-state index contributed by atoms with van der Waals surface area (Å²) < 4.78 is 6.03. The van der Waals surface area contributed by atoms with Crippen molar-refractivity contribution in [1.29, 1.82) is 0 Å². The van der Waals surface area contributed by atoms with E-state index in [1.165, 1.54) is 25.0 Å². The molecule has 0 amide bonds. The predicted molar refractivity (Wildman–Crippen MR) is 83.5 cm³/mol. The van der Waals surface area contributed by atoms with E-state index in [2.05, 4.69) is 12.3 Å². The summed E-state index contributed by atoms with van der Waals surface area (Å²) in [5, 5.41) is 4.71. The topological polar surface area (TPSA) is 59.6 Å². The number of fused-ring (bicyclic) bond motifs is 2. The molecule has 4 nitrogen and oxygen atoms in total. The van der Waals surface area contributed by atoms with Crippen LogP contribution in [0.15, 0.2) is 5.10 Å². The van der Waals surface area contributed by atoms with E-state index in [0.29, 0.717) is 12.5 Å². The zero-order valence-electron chi connectivity index (χ0n) is 13.7. The summed E-state index contributed by atoms with van der Waals surface area (Å²) >= 11 is 0. The second-order valence-corrected chi connectivity index (χ2v) is 7.65. The lowest BCUT2D eigenvalue weighted by atomic mass is 9.80. The van der Waals surface area contributed by atoms with Crippen LogP contribution in [0.4, 0.5) is 0 Å². The number of hydrazone groups is 1. The van der Waals surface area contributed by atoms with E-state index < -0.39 is 5.72 Å². The first-order valence-corrected chi connectivity index (χ1v) is 7.98. The van der Waals surface area contributed by atoms with Gasteiger partial charge in [-0.05, 0) is 58.8 Å². The molecule has 2 aliphatic rings. The van der Waals surface area contributed by atoms with Gasteiger partial charge in [-0.1, -0.05) is 13.3 Å². The molecule has 3 atom stereocenters. The van der Waals surface area contributed by atoms with Gasteiger partial charge in [0.1, 0.15) is 5.72 Å². The summed E-state index contributed by atoms with van der Waals surface area (Å²) in [6, 6.07) is 0. The van der Waals surface area contributed by atoms with E-state index in [-0.39, 0.29) is 5.60 Å². The molecule has 0 spiro atoms. The molecule has 0 aromatic heterocycles. The van der Waals surface area contributed by atoms with Gasteiger partial charge < -0.3 is 10.5 Å². The highest BCUT2D eigenvalue weighted by atomic mass is 16.5. The van der Waals surface area contributed by atoms with Crippen molar-refractivity contribution in [1.82, 2.24) is 5.43 Å². The van der Waals surface area contributed by atoms with Crippen LogP contribution in [0.1, 0.15) is 60.3 Å². The minimum absolute atomic E-state index is 0.338. The molecule has 0 aromatic carbocycles. The van der Waals surface area contributed by atoms with Crippen LogP contribution in [0.3, 0.4) is 0 Å². The Morgan fingerprint density at radius 3 is 2.60 bits per heavy atom. The maximum Gasteiger partial charge on any atom is 0.148 e. The molecule has 116 valence electrons. The lowest BCUT2D eigenvalue weighted by molar-refractivity contribution is -0.133. The Morgan fingerprint density at radius 1 is 1.30 bits per heavy atom. The van der Waals surface area contributed by atoms with Gasteiger partial charge >= 0.3 is 0 Å². The Hall–Kier alpha value is -0.610. The highest BCUT2D eigenvalue weighted by molar-refractivity contribution is 5.89. The molecule has 0 aromatic rings. The van der Waals surface area contributed by atoms with Crippen molar-refractivity contribution >= 4 is 5.71 Å². The summed E-state index contributed by atoms with van der Waals surface area (Å²) in [7, 11) is 0. The monoisotopic (exact) mass is 281 g/mol. The van der Waals surface area contributed by atoms with Gasteiger partial charge in [-0.3, -0.25) is 5.43 Å².